The van der Waals surface area contributed by atoms with E-state index in [0.717, 1.165) is 5.39 Å². The van der Waals surface area contributed by atoms with Gasteiger partial charge in [0.1, 0.15) is 11.5 Å². The van der Waals surface area contributed by atoms with Gasteiger partial charge in [0.15, 0.2) is 5.76 Å². The molecule has 3 aromatic rings. The number of hydrogen-bond acceptors (Lipinski definition) is 7. The van der Waals surface area contributed by atoms with E-state index in [1.807, 2.05) is 6.07 Å². The molecule has 33 heavy (non-hydrogen) atoms. The standard InChI is InChI=1S/C24H26N2O7/c1-14-10-20(27)22(29)23(33-14)17(13-21(28)26-6-8-32-9-7-26)18-11-15-4-5-16(31-3)12-19(15)25(2)24(18)30/h4-5,10-12,17,29H,6-9,13H2,1-3H3/t17-/m0/s1. The fraction of sp³-hybridized carbons (Fsp3) is 0.375. The van der Waals surface area contributed by atoms with Crippen LogP contribution in [0.3, 0.4) is 0 Å². The van der Waals surface area contributed by atoms with E-state index < -0.39 is 17.1 Å². The molecule has 0 radical (unpaired) electrons. The smallest absolute Gasteiger partial charge is 0.254 e. The molecule has 1 fully saturated rings. The topological polar surface area (TPSA) is 111 Å². The minimum absolute atomic E-state index is 0.0911. The highest BCUT2D eigenvalue weighted by molar-refractivity contribution is 5.82. The van der Waals surface area contributed by atoms with Crippen LogP contribution in [0.4, 0.5) is 0 Å². The average molecular weight is 454 g/mol. The molecule has 0 bridgehead atoms. The van der Waals surface area contributed by atoms with Crippen molar-refractivity contribution in [2.45, 2.75) is 19.3 Å². The summed E-state index contributed by atoms with van der Waals surface area (Å²) < 4.78 is 17.8. The third kappa shape index (κ3) is 4.36. The number of aryl methyl sites for hydroxylation is 2. The van der Waals surface area contributed by atoms with Crippen LogP contribution in [0, 0.1) is 6.92 Å². The number of fused-ring (bicyclic) bond motifs is 1. The summed E-state index contributed by atoms with van der Waals surface area (Å²) in [5, 5.41) is 11.3. The Labute approximate surface area is 189 Å². The monoisotopic (exact) mass is 454 g/mol. The molecule has 1 atom stereocenters. The fourth-order valence-corrected chi connectivity index (χ4v) is 4.17. The molecule has 0 spiro atoms. The van der Waals surface area contributed by atoms with Crippen molar-refractivity contribution in [3.63, 3.8) is 0 Å². The molecule has 2 aromatic heterocycles. The van der Waals surface area contributed by atoms with Crippen molar-refractivity contribution in [1.82, 2.24) is 9.47 Å². The van der Waals surface area contributed by atoms with Crippen LogP contribution in [-0.4, -0.2) is 53.9 Å². The lowest BCUT2D eigenvalue weighted by atomic mass is 9.91. The molecule has 1 amide bonds. The van der Waals surface area contributed by atoms with E-state index >= 15 is 0 Å². The maximum Gasteiger partial charge on any atom is 0.254 e. The summed E-state index contributed by atoms with van der Waals surface area (Å²) in [6.07, 6.45) is -0.142. The predicted octanol–water partition coefficient (Wildman–Crippen LogP) is 1.90. The van der Waals surface area contributed by atoms with Gasteiger partial charge in [0, 0.05) is 44.3 Å². The van der Waals surface area contributed by atoms with Crippen LogP contribution >= 0.6 is 0 Å². The van der Waals surface area contributed by atoms with Crippen LogP contribution < -0.4 is 15.7 Å². The Morgan fingerprint density at radius 3 is 2.61 bits per heavy atom. The zero-order valence-electron chi connectivity index (χ0n) is 18.8. The number of pyridine rings is 1. The van der Waals surface area contributed by atoms with Crippen LogP contribution in [0.15, 0.2) is 44.3 Å². The van der Waals surface area contributed by atoms with Crippen molar-refractivity contribution in [3.8, 4) is 11.5 Å². The van der Waals surface area contributed by atoms with Gasteiger partial charge in [-0.3, -0.25) is 14.4 Å². The lowest BCUT2D eigenvalue weighted by Crippen LogP contribution is -2.41. The van der Waals surface area contributed by atoms with Crippen LogP contribution in [0.5, 0.6) is 11.5 Å². The quantitative estimate of drug-likeness (QED) is 0.627. The molecule has 3 heterocycles. The number of aromatic hydroxyl groups is 1. The van der Waals surface area contributed by atoms with Gasteiger partial charge in [0.2, 0.25) is 17.1 Å². The maximum absolute atomic E-state index is 13.4. The number of carbonyl (C=O) groups excluding carboxylic acids is 1. The van der Waals surface area contributed by atoms with Crippen molar-refractivity contribution in [2.24, 2.45) is 7.05 Å². The molecule has 4 rings (SSSR count). The highest BCUT2D eigenvalue weighted by atomic mass is 16.5. The second-order valence-electron chi connectivity index (χ2n) is 8.07. The van der Waals surface area contributed by atoms with E-state index in [9.17, 15) is 19.5 Å². The zero-order valence-corrected chi connectivity index (χ0v) is 18.8. The van der Waals surface area contributed by atoms with E-state index in [4.69, 9.17) is 13.9 Å². The van der Waals surface area contributed by atoms with E-state index in [1.54, 1.807) is 44.2 Å². The van der Waals surface area contributed by atoms with Gasteiger partial charge < -0.3 is 28.5 Å². The summed E-state index contributed by atoms with van der Waals surface area (Å²) in [5.74, 6) is -0.976. The van der Waals surface area contributed by atoms with Crippen LogP contribution in [0.2, 0.25) is 0 Å². The molecule has 174 valence electrons. The number of ether oxygens (including phenoxy) is 2. The number of aromatic nitrogens is 1. The number of benzene rings is 1. The van der Waals surface area contributed by atoms with Crippen molar-refractivity contribution in [2.75, 3.05) is 33.4 Å². The second-order valence-corrected chi connectivity index (χ2v) is 8.07. The van der Waals surface area contributed by atoms with Gasteiger partial charge in [0.25, 0.3) is 5.56 Å². The summed E-state index contributed by atoms with van der Waals surface area (Å²) in [6.45, 7) is 3.31. The molecule has 0 unspecified atom stereocenters. The van der Waals surface area contributed by atoms with E-state index in [1.165, 1.54) is 10.6 Å². The first-order chi connectivity index (χ1) is 15.8. The van der Waals surface area contributed by atoms with Gasteiger partial charge in [0.05, 0.1) is 31.8 Å². The molecular weight excluding hydrogens is 428 g/mol. The largest absolute Gasteiger partial charge is 0.502 e. The molecule has 9 nitrogen and oxygen atoms in total. The Morgan fingerprint density at radius 2 is 1.91 bits per heavy atom. The number of carbonyl (C=O) groups is 1. The molecule has 0 saturated carbocycles. The van der Waals surface area contributed by atoms with Crippen molar-refractivity contribution in [1.29, 1.82) is 0 Å². The van der Waals surface area contributed by atoms with Crippen molar-refractivity contribution in [3.05, 3.63) is 68.0 Å². The van der Waals surface area contributed by atoms with Gasteiger partial charge in [-0.05, 0) is 30.5 Å². The third-order valence-electron chi connectivity index (χ3n) is 5.97. The number of methoxy groups -OCH3 is 1. The zero-order chi connectivity index (χ0) is 23.7. The minimum Gasteiger partial charge on any atom is -0.502 e. The maximum atomic E-state index is 13.4. The summed E-state index contributed by atoms with van der Waals surface area (Å²) in [4.78, 5) is 40.5. The molecular formula is C24H26N2O7. The summed E-state index contributed by atoms with van der Waals surface area (Å²) in [7, 11) is 3.17. The summed E-state index contributed by atoms with van der Waals surface area (Å²) in [6, 6.07) is 8.18. The summed E-state index contributed by atoms with van der Waals surface area (Å²) >= 11 is 0. The Morgan fingerprint density at radius 1 is 1.18 bits per heavy atom. The van der Waals surface area contributed by atoms with E-state index in [2.05, 4.69) is 0 Å². The predicted molar refractivity (Wildman–Crippen MR) is 121 cm³/mol. The first kappa shape index (κ1) is 22.6. The Balaban J connectivity index is 1.88. The number of amides is 1. The number of morpholine rings is 1. The average Bonchev–Trinajstić information content (AvgIpc) is 2.82. The molecule has 9 heteroatoms. The fourth-order valence-electron chi connectivity index (χ4n) is 4.17. The van der Waals surface area contributed by atoms with E-state index in [-0.39, 0.29) is 35.0 Å². The first-order valence-corrected chi connectivity index (χ1v) is 10.7. The highest BCUT2D eigenvalue weighted by Gasteiger charge is 2.31. The van der Waals surface area contributed by atoms with Crippen molar-refractivity contribution >= 4 is 16.8 Å². The lowest BCUT2D eigenvalue weighted by Gasteiger charge is -2.28. The molecule has 1 N–H and O–H groups in total. The molecule has 1 saturated heterocycles. The third-order valence-corrected chi connectivity index (χ3v) is 5.97. The normalized spacial score (nSPS) is 14.9. The molecule has 1 aromatic carbocycles. The Kier molecular flexibility index (Phi) is 6.24. The highest BCUT2D eigenvalue weighted by Crippen LogP contribution is 2.33. The number of rotatable bonds is 5. The van der Waals surface area contributed by atoms with Gasteiger partial charge in [-0.15, -0.1) is 0 Å². The SMILES string of the molecule is COc1ccc2cc([C@H](CC(=O)N3CCOCC3)c3oc(C)cc(=O)c3O)c(=O)n(C)c2c1. The molecule has 0 aliphatic carbocycles. The summed E-state index contributed by atoms with van der Waals surface area (Å²) in [5.41, 5.74) is -0.0869. The molecule has 1 aliphatic heterocycles. The Bertz CT molecular complexity index is 1320. The van der Waals surface area contributed by atoms with Gasteiger partial charge in [-0.25, -0.2) is 0 Å². The number of nitrogens with zero attached hydrogens (tertiary/aromatic N) is 2. The van der Waals surface area contributed by atoms with Crippen LogP contribution in [-0.2, 0) is 16.6 Å². The second kappa shape index (κ2) is 9.11. The lowest BCUT2D eigenvalue weighted by molar-refractivity contribution is -0.135. The van der Waals surface area contributed by atoms with E-state index in [0.29, 0.717) is 37.6 Å². The Hall–Kier alpha value is -3.59. The van der Waals surface area contributed by atoms with Gasteiger partial charge in [-0.2, -0.15) is 0 Å². The van der Waals surface area contributed by atoms with Crippen LogP contribution in [0.1, 0.15) is 29.4 Å². The van der Waals surface area contributed by atoms with Crippen molar-refractivity contribution < 1.29 is 23.8 Å². The first-order valence-electron chi connectivity index (χ1n) is 10.7. The minimum atomic E-state index is -0.946. The molecule has 1 aliphatic rings. The number of hydrogen-bond donors (Lipinski definition) is 1. The van der Waals surface area contributed by atoms with Gasteiger partial charge in [-0.1, -0.05) is 0 Å². The van der Waals surface area contributed by atoms with Gasteiger partial charge >= 0.3 is 0 Å². The van der Waals surface area contributed by atoms with Crippen LogP contribution in [0.25, 0.3) is 10.9 Å².